The fraction of sp³-hybridized carbons (Fsp3) is 0.176. The Morgan fingerprint density at radius 2 is 1.72 bits per heavy atom. The van der Waals surface area contributed by atoms with E-state index in [9.17, 15) is 9.59 Å². The molecule has 0 bridgehead atoms. The van der Waals surface area contributed by atoms with Crippen LogP contribution >= 0.6 is 0 Å². The molecule has 0 fully saturated rings. The average Bonchev–Trinajstić information content (AvgIpc) is 3.20. The van der Waals surface area contributed by atoms with E-state index >= 15 is 0 Å². The Balaban J connectivity index is 1.73. The molecule has 0 aliphatic rings. The molecule has 3 rings (SSSR count). The van der Waals surface area contributed by atoms with Crippen molar-refractivity contribution in [1.82, 2.24) is 10.2 Å². The first-order valence-electron chi connectivity index (χ1n) is 7.38. The van der Waals surface area contributed by atoms with E-state index in [4.69, 9.17) is 8.83 Å². The van der Waals surface area contributed by atoms with Crippen molar-refractivity contribution in [2.45, 2.75) is 13.8 Å². The summed E-state index contributed by atoms with van der Waals surface area (Å²) in [6.45, 7) is 3.60. The lowest BCUT2D eigenvalue weighted by molar-refractivity contribution is 0.0600. The van der Waals surface area contributed by atoms with Crippen LogP contribution in [0.3, 0.4) is 0 Å². The number of carbonyl (C=O) groups excluding carboxylic acids is 2. The van der Waals surface area contributed by atoms with Gasteiger partial charge in [0, 0.05) is 5.56 Å². The molecule has 1 N–H and O–H groups in total. The highest BCUT2D eigenvalue weighted by molar-refractivity contribution is 6.03. The van der Waals surface area contributed by atoms with Gasteiger partial charge in [-0.25, -0.2) is 4.79 Å². The number of carbonyl (C=O) groups is 2. The highest BCUT2D eigenvalue weighted by Gasteiger charge is 2.17. The fourth-order valence-corrected chi connectivity index (χ4v) is 2.27. The molecule has 0 aliphatic heterocycles. The second kappa shape index (κ2) is 6.60. The van der Waals surface area contributed by atoms with Crippen LogP contribution in [0.15, 0.2) is 39.2 Å². The summed E-state index contributed by atoms with van der Waals surface area (Å²) >= 11 is 0. The van der Waals surface area contributed by atoms with Gasteiger partial charge in [-0.2, -0.15) is 0 Å². The number of amides is 1. The molecule has 2 heterocycles. The van der Waals surface area contributed by atoms with E-state index in [1.165, 1.54) is 31.4 Å². The lowest BCUT2D eigenvalue weighted by Gasteiger charge is -2.02. The van der Waals surface area contributed by atoms with Gasteiger partial charge >= 0.3 is 12.0 Å². The van der Waals surface area contributed by atoms with Gasteiger partial charge in [0.05, 0.1) is 18.2 Å². The largest absolute Gasteiger partial charge is 0.466 e. The van der Waals surface area contributed by atoms with Crippen LogP contribution in [-0.4, -0.2) is 29.2 Å². The summed E-state index contributed by atoms with van der Waals surface area (Å²) in [4.78, 5) is 23.6. The summed E-state index contributed by atoms with van der Waals surface area (Å²) in [5.41, 5.74) is 1.36. The average molecular weight is 341 g/mol. The zero-order valence-electron chi connectivity index (χ0n) is 13.8. The maximum Gasteiger partial charge on any atom is 0.337 e. The summed E-state index contributed by atoms with van der Waals surface area (Å²) in [6.07, 6.45) is 0. The fourth-order valence-electron chi connectivity index (χ4n) is 2.27. The van der Waals surface area contributed by atoms with Crippen molar-refractivity contribution in [3.63, 3.8) is 0 Å². The number of aromatic nitrogens is 2. The van der Waals surface area contributed by atoms with Crippen LogP contribution in [0.2, 0.25) is 0 Å². The summed E-state index contributed by atoms with van der Waals surface area (Å²) in [6, 6.07) is 7.75. The second-order valence-corrected chi connectivity index (χ2v) is 5.26. The first kappa shape index (κ1) is 16.4. The number of ether oxygens (including phenoxy) is 1. The van der Waals surface area contributed by atoms with Gasteiger partial charge in [-0.3, -0.25) is 10.1 Å². The molecule has 8 heteroatoms. The van der Waals surface area contributed by atoms with Crippen LogP contribution in [0.4, 0.5) is 6.01 Å². The van der Waals surface area contributed by atoms with Gasteiger partial charge in [0.25, 0.3) is 11.8 Å². The van der Waals surface area contributed by atoms with E-state index in [0.717, 1.165) is 5.76 Å². The van der Waals surface area contributed by atoms with Crippen molar-refractivity contribution in [3.05, 3.63) is 53.0 Å². The number of rotatable bonds is 4. The minimum Gasteiger partial charge on any atom is -0.466 e. The molecule has 8 nitrogen and oxygen atoms in total. The molecule has 0 saturated heterocycles. The third-order valence-electron chi connectivity index (χ3n) is 3.49. The minimum atomic E-state index is -0.473. The smallest absolute Gasteiger partial charge is 0.337 e. The quantitative estimate of drug-likeness (QED) is 0.727. The Bertz CT molecular complexity index is 924. The molecule has 2 aromatic heterocycles. The van der Waals surface area contributed by atoms with E-state index in [1.54, 1.807) is 13.0 Å². The first-order valence-corrected chi connectivity index (χ1v) is 7.38. The van der Waals surface area contributed by atoms with E-state index in [1.807, 2.05) is 6.92 Å². The standard InChI is InChI=1S/C17H15N3O5/c1-9-8-13(10(2)24-9)15-19-20-17(25-15)18-14(21)11-4-6-12(7-5-11)16(22)23-3/h4-8H,1-3H3,(H,18,20,21). The Hall–Kier alpha value is -3.42. The third-order valence-corrected chi connectivity index (χ3v) is 3.49. The van der Waals surface area contributed by atoms with Gasteiger partial charge in [-0.05, 0) is 44.2 Å². The molecule has 128 valence electrons. The third kappa shape index (κ3) is 3.42. The highest BCUT2D eigenvalue weighted by Crippen LogP contribution is 2.26. The van der Waals surface area contributed by atoms with Crippen LogP contribution in [-0.2, 0) is 4.74 Å². The van der Waals surface area contributed by atoms with Crippen LogP contribution < -0.4 is 5.32 Å². The minimum absolute atomic E-state index is 0.0321. The number of aryl methyl sites for hydroxylation is 2. The molecule has 3 aromatic rings. The van der Waals surface area contributed by atoms with Crippen molar-refractivity contribution in [2.24, 2.45) is 0 Å². The van der Waals surface area contributed by atoms with Gasteiger partial charge < -0.3 is 13.6 Å². The number of hydrogen-bond donors (Lipinski definition) is 1. The summed E-state index contributed by atoms with van der Waals surface area (Å²) in [7, 11) is 1.29. The molecule has 0 atom stereocenters. The lowest BCUT2D eigenvalue weighted by atomic mass is 10.1. The topological polar surface area (TPSA) is 107 Å². The molecular formula is C17H15N3O5. The van der Waals surface area contributed by atoms with Crippen molar-refractivity contribution >= 4 is 17.9 Å². The molecule has 25 heavy (non-hydrogen) atoms. The number of methoxy groups -OCH3 is 1. The molecule has 1 amide bonds. The lowest BCUT2D eigenvalue weighted by Crippen LogP contribution is -2.12. The predicted molar refractivity (Wildman–Crippen MR) is 87.2 cm³/mol. The number of benzene rings is 1. The van der Waals surface area contributed by atoms with E-state index in [-0.39, 0.29) is 11.9 Å². The predicted octanol–water partition coefficient (Wildman–Crippen LogP) is 2.99. The number of esters is 1. The van der Waals surface area contributed by atoms with Gasteiger partial charge in [0.2, 0.25) is 0 Å². The van der Waals surface area contributed by atoms with Crippen molar-refractivity contribution < 1.29 is 23.2 Å². The molecule has 0 saturated carbocycles. The molecule has 1 aromatic carbocycles. The van der Waals surface area contributed by atoms with Crippen LogP contribution in [0, 0.1) is 13.8 Å². The van der Waals surface area contributed by atoms with E-state index in [2.05, 4.69) is 20.3 Å². The van der Waals surface area contributed by atoms with Crippen molar-refractivity contribution in [2.75, 3.05) is 12.4 Å². The number of anilines is 1. The number of nitrogens with one attached hydrogen (secondary N) is 1. The van der Waals surface area contributed by atoms with Crippen molar-refractivity contribution in [3.8, 4) is 11.5 Å². The molecule has 0 aliphatic carbocycles. The monoisotopic (exact) mass is 341 g/mol. The number of nitrogens with zero attached hydrogens (tertiary/aromatic N) is 2. The number of hydrogen-bond acceptors (Lipinski definition) is 7. The summed E-state index contributed by atoms with van der Waals surface area (Å²) in [5, 5.41) is 10.2. The van der Waals surface area contributed by atoms with Crippen molar-refractivity contribution in [1.29, 1.82) is 0 Å². The Kier molecular flexibility index (Phi) is 4.34. The molecule has 0 spiro atoms. The maximum atomic E-state index is 12.2. The zero-order chi connectivity index (χ0) is 18.0. The molecular weight excluding hydrogens is 326 g/mol. The van der Waals surface area contributed by atoms with Crippen LogP contribution in [0.5, 0.6) is 0 Å². The Labute approximate surface area is 142 Å². The summed E-state index contributed by atoms with van der Waals surface area (Å²) in [5.74, 6) is 0.719. The summed E-state index contributed by atoms with van der Waals surface area (Å²) < 4.78 is 15.5. The van der Waals surface area contributed by atoms with Gasteiger partial charge in [-0.15, -0.1) is 5.10 Å². The van der Waals surface area contributed by atoms with Crippen LogP contribution in [0.25, 0.3) is 11.5 Å². The maximum absolute atomic E-state index is 12.2. The Morgan fingerprint density at radius 1 is 1.04 bits per heavy atom. The van der Waals surface area contributed by atoms with Gasteiger partial charge in [-0.1, -0.05) is 5.10 Å². The second-order valence-electron chi connectivity index (χ2n) is 5.26. The van der Waals surface area contributed by atoms with E-state index in [0.29, 0.717) is 22.5 Å². The normalized spacial score (nSPS) is 10.5. The number of furan rings is 1. The van der Waals surface area contributed by atoms with Gasteiger partial charge in [0.15, 0.2) is 0 Å². The SMILES string of the molecule is COC(=O)c1ccc(C(=O)Nc2nnc(-c3cc(C)oc3C)o2)cc1. The molecule has 0 unspecified atom stereocenters. The Morgan fingerprint density at radius 3 is 2.32 bits per heavy atom. The van der Waals surface area contributed by atoms with Crippen LogP contribution in [0.1, 0.15) is 32.2 Å². The first-order chi connectivity index (χ1) is 12.0. The molecule has 0 radical (unpaired) electrons. The van der Waals surface area contributed by atoms with E-state index < -0.39 is 11.9 Å². The van der Waals surface area contributed by atoms with Gasteiger partial charge in [0.1, 0.15) is 11.5 Å². The zero-order valence-corrected chi connectivity index (χ0v) is 13.8. The highest BCUT2D eigenvalue weighted by atomic mass is 16.5.